The van der Waals surface area contributed by atoms with Gasteiger partial charge in [0.2, 0.25) is 11.5 Å². The van der Waals surface area contributed by atoms with Crippen LogP contribution < -0.4 is 5.32 Å². The number of hydrogen-bond acceptors (Lipinski definition) is 9. The van der Waals surface area contributed by atoms with E-state index >= 15 is 0 Å². The van der Waals surface area contributed by atoms with E-state index < -0.39 is 52.5 Å². The van der Waals surface area contributed by atoms with Crippen LogP contribution >= 0.6 is 23.4 Å². The lowest BCUT2D eigenvalue weighted by molar-refractivity contribution is -0.150. The first-order valence-corrected chi connectivity index (χ1v) is 8.96. The number of nitrogens with one attached hydrogen (secondary N) is 1. The number of carbonyl (C=O) groups excluding carboxylic acids is 4. The van der Waals surface area contributed by atoms with Crippen LogP contribution in [0.5, 0.6) is 0 Å². The average molecular weight is 420 g/mol. The number of ether oxygens (including phenoxy) is 1. The number of thioether (sulfide) groups is 1. The van der Waals surface area contributed by atoms with Gasteiger partial charge < -0.3 is 20.4 Å². The zero-order valence-corrected chi connectivity index (χ0v) is 15.4. The summed E-state index contributed by atoms with van der Waals surface area (Å²) in [6.07, 6.45) is 0. The number of halogens is 1. The van der Waals surface area contributed by atoms with E-state index in [9.17, 15) is 29.1 Å². The third-order valence-electron chi connectivity index (χ3n) is 3.69. The normalized spacial score (nSPS) is 21.9. The van der Waals surface area contributed by atoms with Gasteiger partial charge in [0.15, 0.2) is 0 Å². The lowest BCUT2D eigenvalue weighted by Crippen LogP contribution is -2.71. The van der Waals surface area contributed by atoms with Crippen LogP contribution in [0.2, 0.25) is 0 Å². The highest BCUT2D eigenvalue weighted by molar-refractivity contribution is 8.00. The molecule has 0 spiro atoms. The molecule has 0 radical (unpaired) electrons. The Morgan fingerprint density at radius 2 is 2.07 bits per heavy atom. The molecule has 0 aromatic carbocycles. The number of nitrogens with zero attached hydrogens (tertiary/aromatic N) is 2. The highest BCUT2D eigenvalue weighted by Gasteiger charge is 2.54. The highest BCUT2D eigenvalue weighted by atomic mass is 35.5. The molecule has 11 nitrogen and oxygen atoms in total. The van der Waals surface area contributed by atoms with E-state index in [1.165, 1.54) is 6.92 Å². The Morgan fingerprint density at radius 3 is 2.59 bits per heavy atom. The van der Waals surface area contributed by atoms with Crippen LogP contribution in [0.4, 0.5) is 0 Å². The molecular formula is C14H14ClN3O8S. The van der Waals surface area contributed by atoms with Crippen LogP contribution in [0.25, 0.3) is 0 Å². The molecule has 0 aromatic rings. The van der Waals surface area contributed by atoms with E-state index in [-0.39, 0.29) is 23.6 Å². The van der Waals surface area contributed by atoms with E-state index in [4.69, 9.17) is 21.5 Å². The molecule has 13 heteroatoms. The summed E-state index contributed by atoms with van der Waals surface area (Å²) >= 11 is 6.45. The third-order valence-corrected chi connectivity index (χ3v) is 5.27. The summed E-state index contributed by atoms with van der Waals surface area (Å²) in [5.41, 5.74) is -0.933. The molecule has 1 unspecified atom stereocenters. The van der Waals surface area contributed by atoms with Crippen LogP contribution in [0.15, 0.2) is 16.4 Å². The molecule has 0 aromatic heterocycles. The van der Waals surface area contributed by atoms with Gasteiger partial charge in [-0.2, -0.15) is 0 Å². The van der Waals surface area contributed by atoms with Gasteiger partial charge >= 0.3 is 11.9 Å². The second kappa shape index (κ2) is 8.39. The summed E-state index contributed by atoms with van der Waals surface area (Å²) in [6.45, 7) is 0.894. The van der Waals surface area contributed by atoms with Crippen molar-refractivity contribution in [1.29, 1.82) is 0 Å². The molecule has 2 rings (SSSR count). The van der Waals surface area contributed by atoms with E-state index in [0.29, 0.717) is 0 Å². The zero-order chi connectivity index (χ0) is 20.3. The summed E-state index contributed by atoms with van der Waals surface area (Å²) in [5, 5.41) is 22.3. The number of alkyl halides is 1. The maximum Gasteiger partial charge on any atom is 0.352 e. The van der Waals surface area contributed by atoms with Gasteiger partial charge in [-0.1, -0.05) is 5.16 Å². The third kappa shape index (κ3) is 4.06. The van der Waals surface area contributed by atoms with Crippen molar-refractivity contribution >= 4 is 58.6 Å². The van der Waals surface area contributed by atoms with Crippen molar-refractivity contribution in [3.63, 3.8) is 0 Å². The first kappa shape index (κ1) is 20.7. The predicted octanol–water partition coefficient (Wildman–Crippen LogP) is -1.07. The first-order valence-electron chi connectivity index (χ1n) is 7.38. The number of aliphatic carboxylic acids is 1. The molecule has 0 bridgehead atoms. The van der Waals surface area contributed by atoms with Gasteiger partial charge in [0.25, 0.3) is 11.8 Å². The molecule has 1 saturated heterocycles. The molecule has 2 aliphatic heterocycles. The second-order valence-corrected chi connectivity index (χ2v) is 6.78. The number of ketones is 1. The number of rotatable bonds is 7. The van der Waals surface area contributed by atoms with Gasteiger partial charge in [0.1, 0.15) is 23.7 Å². The second-order valence-electron chi connectivity index (χ2n) is 5.40. The Balaban J connectivity index is 2.17. The molecule has 146 valence electrons. The van der Waals surface area contributed by atoms with Crippen molar-refractivity contribution in [3.05, 3.63) is 11.3 Å². The van der Waals surface area contributed by atoms with Gasteiger partial charge in [-0.3, -0.25) is 24.1 Å². The maximum absolute atomic E-state index is 12.4. The summed E-state index contributed by atoms with van der Waals surface area (Å²) in [7, 11) is 0. The summed E-state index contributed by atoms with van der Waals surface area (Å²) in [4.78, 5) is 59.3. The number of esters is 1. The number of fused-ring (bicyclic) bond motifs is 1. The van der Waals surface area contributed by atoms with Crippen molar-refractivity contribution in [2.75, 3.05) is 18.2 Å². The topological polar surface area (TPSA) is 163 Å². The SMILES string of the molecule is CC(=O)OCC1=C(C(=O)O)N2C(=O)C(NC(=O)C(=NO)C(=O)CCl)[C@@H]2SC1. The molecule has 0 aliphatic carbocycles. The molecule has 2 atom stereocenters. The minimum absolute atomic E-state index is 0.150. The number of amides is 2. The number of carbonyl (C=O) groups is 5. The van der Waals surface area contributed by atoms with Crippen LogP contribution in [0.3, 0.4) is 0 Å². The van der Waals surface area contributed by atoms with E-state index in [0.717, 1.165) is 16.7 Å². The maximum atomic E-state index is 12.4. The van der Waals surface area contributed by atoms with E-state index in [2.05, 4.69) is 10.5 Å². The van der Waals surface area contributed by atoms with Gasteiger partial charge in [0.05, 0.1) is 5.88 Å². The minimum atomic E-state index is -1.38. The molecule has 2 heterocycles. The summed E-state index contributed by atoms with van der Waals surface area (Å²) in [6, 6.07) is -1.12. The number of carboxylic acid groups (broad SMARTS) is 1. The first-order chi connectivity index (χ1) is 12.7. The molecule has 2 amide bonds. The molecular weight excluding hydrogens is 406 g/mol. The Labute approximate surface area is 161 Å². The predicted molar refractivity (Wildman–Crippen MR) is 91.3 cm³/mol. The number of oxime groups is 1. The highest BCUT2D eigenvalue weighted by Crippen LogP contribution is 2.40. The Kier molecular flexibility index (Phi) is 6.44. The van der Waals surface area contributed by atoms with Crippen LogP contribution in [0, 0.1) is 0 Å². The van der Waals surface area contributed by atoms with Crippen LogP contribution in [-0.4, -0.2) is 80.1 Å². The van der Waals surface area contributed by atoms with Gasteiger partial charge in [-0.25, -0.2) is 4.79 Å². The fourth-order valence-electron chi connectivity index (χ4n) is 2.48. The minimum Gasteiger partial charge on any atom is -0.477 e. The van der Waals surface area contributed by atoms with Crippen LogP contribution in [-0.2, 0) is 28.7 Å². The Hall–Kier alpha value is -2.60. The Morgan fingerprint density at radius 1 is 1.41 bits per heavy atom. The molecule has 3 N–H and O–H groups in total. The number of carboxylic acids is 1. The molecule has 27 heavy (non-hydrogen) atoms. The van der Waals surface area contributed by atoms with E-state index in [1.54, 1.807) is 0 Å². The zero-order valence-electron chi connectivity index (χ0n) is 13.8. The Bertz CT molecular complexity index is 780. The van der Waals surface area contributed by atoms with Gasteiger partial charge in [-0.05, 0) is 0 Å². The molecule has 1 fully saturated rings. The summed E-state index contributed by atoms with van der Waals surface area (Å²) in [5.74, 6) is -5.19. The monoisotopic (exact) mass is 419 g/mol. The molecule has 2 aliphatic rings. The number of hydrogen-bond donors (Lipinski definition) is 3. The summed E-state index contributed by atoms with van der Waals surface area (Å²) < 4.78 is 4.81. The van der Waals surface area contributed by atoms with Crippen molar-refractivity contribution in [1.82, 2.24) is 10.2 Å². The number of β-lactam (4-membered cyclic amide) rings is 1. The van der Waals surface area contributed by atoms with Crippen molar-refractivity contribution in [2.45, 2.75) is 18.3 Å². The van der Waals surface area contributed by atoms with Crippen molar-refractivity contribution in [3.8, 4) is 0 Å². The smallest absolute Gasteiger partial charge is 0.352 e. The van der Waals surface area contributed by atoms with Crippen molar-refractivity contribution in [2.24, 2.45) is 5.16 Å². The molecule has 0 saturated carbocycles. The fraction of sp³-hybridized carbons (Fsp3) is 0.429. The lowest BCUT2D eigenvalue weighted by Gasteiger charge is -2.49. The van der Waals surface area contributed by atoms with E-state index in [1.807, 2.05) is 0 Å². The quantitative estimate of drug-likeness (QED) is 0.0886. The van der Waals surface area contributed by atoms with Gasteiger partial charge in [-0.15, -0.1) is 23.4 Å². The average Bonchev–Trinajstić information content (AvgIpc) is 2.63. The fourth-order valence-corrected chi connectivity index (χ4v) is 3.94. The van der Waals surface area contributed by atoms with Crippen LogP contribution in [0.1, 0.15) is 6.92 Å². The van der Waals surface area contributed by atoms with Crippen molar-refractivity contribution < 1.29 is 39.0 Å². The standard InChI is InChI=1S/C14H14ClN3O8S/c1-5(19)26-3-6-4-27-13-9(12(22)18(13)10(6)14(23)24)16-11(21)8(17-25)7(20)2-15/h9,13,25H,2-4H2,1H3,(H,16,21)(H,23,24)/t9?,13-/m0/s1. The number of Topliss-reactive ketones (excluding diaryl/α,β-unsaturated/α-hetero) is 1. The van der Waals surface area contributed by atoms with Gasteiger partial charge in [0, 0.05) is 18.2 Å². The largest absolute Gasteiger partial charge is 0.477 e. The lowest BCUT2D eigenvalue weighted by atomic mass is 10.0.